The van der Waals surface area contributed by atoms with Gasteiger partial charge in [0.2, 0.25) is 5.91 Å². The summed E-state index contributed by atoms with van der Waals surface area (Å²) >= 11 is 0. The SMILES string of the molecule is CCNC(=NCCC(=O)NCc1ccccc1)N1CCN(C(=O)OCC)CC1. The number of piperazine rings is 1. The Labute approximate surface area is 166 Å². The summed E-state index contributed by atoms with van der Waals surface area (Å²) < 4.78 is 5.05. The van der Waals surface area contributed by atoms with Gasteiger partial charge in [-0.1, -0.05) is 30.3 Å². The van der Waals surface area contributed by atoms with Gasteiger partial charge in [-0.05, 0) is 19.4 Å². The summed E-state index contributed by atoms with van der Waals surface area (Å²) in [7, 11) is 0. The molecule has 28 heavy (non-hydrogen) atoms. The van der Waals surface area contributed by atoms with Crippen LogP contribution in [0.25, 0.3) is 0 Å². The predicted molar refractivity (Wildman–Crippen MR) is 109 cm³/mol. The Bertz CT molecular complexity index is 643. The summed E-state index contributed by atoms with van der Waals surface area (Å²) in [6.07, 6.45) is 0.0732. The largest absolute Gasteiger partial charge is 0.450 e. The third kappa shape index (κ3) is 7.09. The fourth-order valence-corrected chi connectivity index (χ4v) is 2.89. The maximum absolute atomic E-state index is 12.0. The molecular formula is C20H31N5O3. The lowest BCUT2D eigenvalue weighted by Gasteiger charge is -2.35. The summed E-state index contributed by atoms with van der Waals surface area (Å²) in [6.45, 7) is 8.46. The summed E-state index contributed by atoms with van der Waals surface area (Å²) in [5.74, 6) is 0.762. The molecular weight excluding hydrogens is 358 g/mol. The number of rotatable bonds is 7. The molecule has 1 saturated heterocycles. The minimum Gasteiger partial charge on any atom is -0.450 e. The van der Waals surface area contributed by atoms with Gasteiger partial charge in [0.15, 0.2) is 5.96 Å². The number of hydrogen-bond donors (Lipinski definition) is 2. The molecule has 1 aromatic carbocycles. The second kappa shape index (κ2) is 11.8. The molecule has 1 fully saturated rings. The lowest BCUT2D eigenvalue weighted by Crippen LogP contribution is -2.54. The van der Waals surface area contributed by atoms with Crippen molar-refractivity contribution in [2.75, 3.05) is 45.9 Å². The highest BCUT2D eigenvalue weighted by Gasteiger charge is 2.23. The van der Waals surface area contributed by atoms with Gasteiger partial charge in [-0.3, -0.25) is 9.79 Å². The van der Waals surface area contributed by atoms with E-state index in [0.717, 1.165) is 18.1 Å². The molecule has 0 saturated carbocycles. The molecule has 2 rings (SSSR count). The van der Waals surface area contributed by atoms with Gasteiger partial charge in [-0.15, -0.1) is 0 Å². The molecule has 1 aliphatic heterocycles. The number of aliphatic imine (C=N–C) groups is 1. The standard InChI is InChI=1S/C20H31N5O3/c1-3-21-19(24-12-14-25(15-13-24)20(27)28-4-2)22-11-10-18(26)23-16-17-8-6-5-7-9-17/h5-9H,3-4,10-16H2,1-2H3,(H,21,22)(H,23,26). The third-order valence-corrected chi connectivity index (χ3v) is 4.37. The van der Waals surface area contributed by atoms with Crippen LogP contribution in [-0.2, 0) is 16.1 Å². The summed E-state index contributed by atoms with van der Waals surface area (Å²) in [4.78, 5) is 32.2. The molecule has 8 nitrogen and oxygen atoms in total. The van der Waals surface area contributed by atoms with Crippen LogP contribution in [0.3, 0.4) is 0 Å². The molecule has 0 radical (unpaired) electrons. The van der Waals surface area contributed by atoms with Crippen LogP contribution in [0, 0.1) is 0 Å². The lowest BCUT2D eigenvalue weighted by molar-refractivity contribution is -0.121. The van der Waals surface area contributed by atoms with E-state index >= 15 is 0 Å². The topological polar surface area (TPSA) is 86.3 Å². The average molecular weight is 390 g/mol. The van der Waals surface area contributed by atoms with Crippen molar-refractivity contribution in [3.8, 4) is 0 Å². The van der Waals surface area contributed by atoms with Crippen molar-refractivity contribution in [2.24, 2.45) is 4.99 Å². The molecule has 0 aliphatic carbocycles. The minimum atomic E-state index is -0.265. The first kappa shape index (κ1) is 21.5. The zero-order valence-electron chi connectivity index (χ0n) is 16.8. The van der Waals surface area contributed by atoms with E-state index in [1.54, 1.807) is 11.8 Å². The summed E-state index contributed by atoms with van der Waals surface area (Å²) in [5, 5.41) is 6.18. The number of guanidine groups is 1. The summed E-state index contributed by atoms with van der Waals surface area (Å²) in [6, 6.07) is 9.83. The van der Waals surface area contributed by atoms with Crippen LogP contribution >= 0.6 is 0 Å². The van der Waals surface area contributed by atoms with Crippen molar-refractivity contribution in [3.05, 3.63) is 35.9 Å². The van der Waals surface area contributed by atoms with E-state index in [1.807, 2.05) is 37.3 Å². The molecule has 2 amide bonds. The van der Waals surface area contributed by atoms with Crippen molar-refractivity contribution in [3.63, 3.8) is 0 Å². The van der Waals surface area contributed by atoms with E-state index < -0.39 is 0 Å². The monoisotopic (exact) mass is 389 g/mol. The maximum Gasteiger partial charge on any atom is 0.409 e. The molecule has 0 atom stereocenters. The zero-order chi connectivity index (χ0) is 20.2. The molecule has 8 heteroatoms. The fourth-order valence-electron chi connectivity index (χ4n) is 2.89. The van der Waals surface area contributed by atoms with Gasteiger partial charge < -0.3 is 25.2 Å². The van der Waals surface area contributed by atoms with Crippen LogP contribution in [0.1, 0.15) is 25.8 Å². The molecule has 0 aromatic heterocycles. The Morgan fingerprint density at radius 3 is 2.36 bits per heavy atom. The van der Waals surface area contributed by atoms with Crippen LogP contribution in [-0.4, -0.2) is 73.6 Å². The number of carbonyl (C=O) groups is 2. The highest BCUT2D eigenvalue weighted by atomic mass is 16.6. The van der Waals surface area contributed by atoms with Gasteiger partial charge in [0.05, 0.1) is 13.2 Å². The fraction of sp³-hybridized carbons (Fsp3) is 0.550. The van der Waals surface area contributed by atoms with E-state index in [2.05, 4.69) is 20.5 Å². The van der Waals surface area contributed by atoms with Crippen LogP contribution in [0.2, 0.25) is 0 Å². The molecule has 1 heterocycles. The van der Waals surface area contributed by atoms with Crippen molar-refractivity contribution >= 4 is 18.0 Å². The number of ether oxygens (including phenoxy) is 1. The molecule has 2 N–H and O–H groups in total. The van der Waals surface area contributed by atoms with Crippen molar-refractivity contribution in [2.45, 2.75) is 26.8 Å². The van der Waals surface area contributed by atoms with E-state index in [1.165, 1.54) is 0 Å². The Morgan fingerprint density at radius 2 is 1.71 bits per heavy atom. The van der Waals surface area contributed by atoms with E-state index in [0.29, 0.717) is 52.3 Å². The van der Waals surface area contributed by atoms with Crippen LogP contribution in [0.5, 0.6) is 0 Å². The second-order valence-corrected chi connectivity index (χ2v) is 6.42. The highest BCUT2D eigenvalue weighted by molar-refractivity contribution is 5.81. The van der Waals surface area contributed by atoms with Crippen LogP contribution < -0.4 is 10.6 Å². The quantitative estimate of drug-likeness (QED) is 0.544. The van der Waals surface area contributed by atoms with Crippen molar-refractivity contribution in [1.29, 1.82) is 0 Å². The average Bonchev–Trinajstić information content (AvgIpc) is 2.73. The molecule has 0 spiro atoms. The Morgan fingerprint density at radius 1 is 1.04 bits per heavy atom. The van der Waals surface area contributed by atoms with E-state index in [4.69, 9.17) is 4.74 Å². The number of hydrogen-bond acceptors (Lipinski definition) is 4. The molecule has 0 unspecified atom stereocenters. The van der Waals surface area contributed by atoms with Gasteiger partial charge >= 0.3 is 6.09 Å². The number of carbonyl (C=O) groups excluding carboxylic acids is 2. The van der Waals surface area contributed by atoms with Gasteiger partial charge in [0.1, 0.15) is 0 Å². The van der Waals surface area contributed by atoms with E-state index in [9.17, 15) is 9.59 Å². The third-order valence-electron chi connectivity index (χ3n) is 4.37. The second-order valence-electron chi connectivity index (χ2n) is 6.42. The smallest absolute Gasteiger partial charge is 0.409 e. The van der Waals surface area contributed by atoms with Gasteiger partial charge in [-0.25, -0.2) is 4.79 Å². The Kier molecular flexibility index (Phi) is 9.10. The lowest BCUT2D eigenvalue weighted by atomic mass is 10.2. The zero-order valence-corrected chi connectivity index (χ0v) is 16.8. The molecule has 154 valence electrons. The summed E-state index contributed by atoms with van der Waals surface area (Å²) in [5.41, 5.74) is 1.08. The molecule has 1 aromatic rings. The van der Waals surface area contributed by atoms with Crippen molar-refractivity contribution in [1.82, 2.24) is 20.4 Å². The van der Waals surface area contributed by atoms with E-state index in [-0.39, 0.29) is 12.0 Å². The van der Waals surface area contributed by atoms with Gasteiger partial charge in [-0.2, -0.15) is 0 Å². The predicted octanol–water partition coefficient (Wildman–Crippen LogP) is 1.43. The normalized spacial score (nSPS) is 14.6. The minimum absolute atomic E-state index is 0.0180. The van der Waals surface area contributed by atoms with Crippen LogP contribution in [0.15, 0.2) is 35.3 Å². The first-order valence-electron chi connectivity index (χ1n) is 9.89. The molecule has 1 aliphatic rings. The van der Waals surface area contributed by atoms with Crippen molar-refractivity contribution < 1.29 is 14.3 Å². The Hall–Kier alpha value is -2.77. The number of nitrogens with one attached hydrogen (secondary N) is 2. The first-order chi connectivity index (χ1) is 13.6. The Balaban J connectivity index is 1.77. The van der Waals surface area contributed by atoms with Crippen LogP contribution in [0.4, 0.5) is 4.79 Å². The highest BCUT2D eigenvalue weighted by Crippen LogP contribution is 2.05. The number of amides is 2. The number of nitrogens with zero attached hydrogens (tertiary/aromatic N) is 3. The van der Waals surface area contributed by atoms with Gasteiger partial charge in [0.25, 0.3) is 0 Å². The van der Waals surface area contributed by atoms with Gasteiger partial charge in [0, 0.05) is 45.7 Å². The number of benzene rings is 1. The molecule has 0 bridgehead atoms. The first-order valence-corrected chi connectivity index (χ1v) is 9.89. The maximum atomic E-state index is 12.0.